The number of hydrogen-bond donors (Lipinski definition) is 1. The molecule has 0 aromatic heterocycles. The van der Waals surface area contributed by atoms with E-state index in [2.05, 4.69) is 5.32 Å². The molecule has 1 N–H and O–H groups in total. The van der Waals surface area contributed by atoms with Gasteiger partial charge in [-0.25, -0.2) is 0 Å². The topological polar surface area (TPSA) is 15.3 Å². The van der Waals surface area contributed by atoms with Crippen LogP contribution >= 0.6 is 0 Å². The predicted molar refractivity (Wildman–Crippen MR) is 67.4 cm³/mol. The molecule has 1 saturated heterocycles. The molecule has 0 saturated carbocycles. The van der Waals surface area contributed by atoms with Crippen molar-refractivity contribution < 1.29 is 26.3 Å². The van der Waals surface area contributed by atoms with Crippen LogP contribution in [-0.2, 0) is 6.18 Å². The Morgan fingerprint density at radius 3 is 2.14 bits per heavy atom. The predicted octanol–water partition coefficient (Wildman–Crippen LogP) is 4.28. The van der Waals surface area contributed by atoms with E-state index < -0.39 is 24.5 Å². The Labute approximate surface area is 117 Å². The second kappa shape index (κ2) is 5.65. The third kappa shape index (κ3) is 4.18. The molecular weight excluding hydrogens is 298 g/mol. The number of anilines is 2. The van der Waals surface area contributed by atoms with Gasteiger partial charge in [-0.2, -0.15) is 26.3 Å². The van der Waals surface area contributed by atoms with E-state index in [0.29, 0.717) is 13.1 Å². The quantitative estimate of drug-likeness (QED) is 0.838. The Kier molecular flexibility index (Phi) is 4.25. The summed E-state index contributed by atoms with van der Waals surface area (Å²) in [7, 11) is 0. The number of rotatable bonds is 3. The van der Waals surface area contributed by atoms with Crippen LogP contribution in [0, 0.1) is 0 Å². The van der Waals surface area contributed by atoms with Gasteiger partial charge in [-0.05, 0) is 31.0 Å². The van der Waals surface area contributed by atoms with Crippen LogP contribution in [0.25, 0.3) is 0 Å². The van der Waals surface area contributed by atoms with Crippen LogP contribution in [-0.4, -0.2) is 25.8 Å². The van der Waals surface area contributed by atoms with E-state index in [9.17, 15) is 26.3 Å². The first-order valence-corrected chi connectivity index (χ1v) is 6.44. The molecule has 1 aliphatic rings. The fourth-order valence-electron chi connectivity index (χ4n) is 2.27. The summed E-state index contributed by atoms with van der Waals surface area (Å²) >= 11 is 0. The van der Waals surface area contributed by atoms with Crippen molar-refractivity contribution in [2.24, 2.45) is 0 Å². The highest BCUT2D eigenvalue weighted by Gasteiger charge is 2.33. The van der Waals surface area contributed by atoms with Gasteiger partial charge < -0.3 is 10.2 Å². The fraction of sp³-hybridized carbons (Fsp3) is 0.538. The van der Waals surface area contributed by atoms with Crippen molar-refractivity contribution in [3.8, 4) is 0 Å². The lowest BCUT2D eigenvalue weighted by molar-refractivity contribution is -0.137. The lowest BCUT2D eigenvalue weighted by Crippen LogP contribution is -2.24. The molecule has 0 amide bonds. The maximum atomic E-state index is 12.7. The highest BCUT2D eigenvalue weighted by molar-refractivity contribution is 5.71. The number of nitrogens with zero attached hydrogens (tertiary/aromatic N) is 1. The van der Waals surface area contributed by atoms with Gasteiger partial charge in [0.15, 0.2) is 0 Å². The average Bonchev–Trinajstić information content (AvgIpc) is 2.87. The van der Waals surface area contributed by atoms with Gasteiger partial charge in [-0.15, -0.1) is 0 Å². The van der Waals surface area contributed by atoms with Crippen LogP contribution < -0.4 is 10.2 Å². The molecule has 118 valence electrons. The Balaban J connectivity index is 2.30. The Morgan fingerprint density at radius 1 is 1.00 bits per heavy atom. The minimum atomic E-state index is -4.52. The van der Waals surface area contributed by atoms with Crippen molar-refractivity contribution in [2.45, 2.75) is 25.2 Å². The molecular formula is C13H14F6N2. The van der Waals surface area contributed by atoms with Gasteiger partial charge in [0.2, 0.25) is 0 Å². The van der Waals surface area contributed by atoms with E-state index in [0.717, 1.165) is 31.0 Å². The van der Waals surface area contributed by atoms with Crippen LogP contribution in [0.2, 0.25) is 0 Å². The first kappa shape index (κ1) is 15.8. The highest BCUT2D eigenvalue weighted by Crippen LogP contribution is 2.37. The lowest BCUT2D eigenvalue weighted by atomic mass is 10.1. The molecule has 8 heteroatoms. The molecule has 0 spiro atoms. The third-order valence-electron chi connectivity index (χ3n) is 3.25. The molecule has 1 aliphatic heterocycles. The lowest BCUT2D eigenvalue weighted by Gasteiger charge is -2.24. The number of nitrogens with one attached hydrogen (secondary N) is 1. The molecule has 0 bridgehead atoms. The van der Waals surface area contributed by atoms with Crippen molar-refractivity contribution in [3.63, 3.8) is 0 Å². The van der Waals surface area contributed by atoms with Gasteiger partial charge in [-0.3, -0.25) is 0 Å². The van der Waals surface area contributed by atoms with Crippen molar-refractivity contribution in [2.75, 3.05) is 29.9 Å². The molecule has 1 aromatic rings. The molecule has 0 aliphatic carbocycles. The van der Waals surface area contributed by atoms with Crippen LogP contribution in [0.1, 0.15) is 18.4 Å². The Hall–Kier alpha value is -1.60. The second-order valence-electron chi connectivity index (χ2n) is 4.89. The van der Waals surface area contributed by atoms with Crippen molar-refractivity contribution >= 4 is 11.4 Å². The smallest absolute Gasteiger partial charge is 0.375 e. The molecule has 1 heterocycles. The zero-order valence-corrected chi connectivity index (χ0v) is 11.0. The molecule has 0 atom stereocenters. The summed E-state index contributed by atoms with van der Waals surface area (Å²) in [6.45, 7) is -0.191. The van der Waals surface area contributed by atoms with E-state index in [-0.39, 0.29) is 11.4 Å². The summed E-state index contributed by atoms with van der Waals surface area (Å²) in [5.41, 5.74) is -0.615. The SMILES string of the molecule is FC(F)(F)CNc1ccc(C(F)(F)F)cc1N1CCCC1. The van der Waals surface area contributed by atoms with E-state index in [1.165, 1.54) is 0 Å². The van der Waals surface area contributed by atoms with Crippen molar-refractivity contribution in [1.29, 1.82) is 0 Å². The monoisotopic (exact) mass is 312 g/mol. The van der Waals surface area contributed by atoms with E-state index in [1.807, 2.05) is 0 Å². The van der Waals surface area contributed by atoms with Gasteiger partial charge in [-0.1, -0.05) is 0 Å². The van der Waals surface area contributed by atoms with Crippen molar-refractivity contribution in [3.05, 3.63) is 23.8 Å². The first-order chi connectivity index (χ1) is 9.67. The first-order valence-electron chi connectivity index (χ1n) is 6.44. The van der Waals surface area contributed by atoms with Crippen molar-refractivity contribution in [1.82, 2.24) is 0 Å². The molecule has 0 radical (unpaired) electrons. The summed E-state index contributed by atoms with van der Waals surface area (Å²) in [4.78, 5) is 1.67. The molecule has 1 aromatic carbocycles. The van der Waals surface area contributed by atoms with Crippen LogP contribution in [0.15, 0.2) is 18.2 Å². The summed E-state index contributed by atoms with van der Waals surface area (Å²) in [6.07, 6.45) is -7.31. The number of halogens is 6. The number of alkyl halides is 6. The summed E-state index contributed by atoms with van der Waals surface area (Å²) < 4.78 is 75.0. The van der Waals surface area contributed by atoms with E-state index in [4.69, 9.17) is 0 Å². The summed E-state index contributed by atoms with van der Waals surface area (Å²) in [5.74, 6) is 0. The molecule has 21 heavy (non-hydrogen) atoms. The third-order valence-corrected chi connectivity index (χ3v) is 3.25. The summed E-state index contributed by atoms with van der Waals surface area (Å²) in [5, 5.41) is 2.17. The number of hydrogen-bond acceptors (Lipinski definition) is 2. The summed E-state index contributed by atoms with van der Waals surface area (Å²) in [6, 6.07) is 2.75. The standard InChI is InChI=1S/C13H14F6N2/c14-12(15,16)8-20-10-4-3-9(13(17,18)19)7-11(10)21-5-1-2-6-21/h3-4,7,20H,1-2,5-6,8H2. The second-order valence-corrected chi connectivity index (χ2v) is 4.89. The van der Waals surface area contributed by atoms with Crippen LogP contribution in [0.3, 0.4) is 0 Å². The van der Waals surface area contributed by atoms with E-state index in [1.54, 1.807) is 4.90 Å². The van der Waals surface area contributed by atoms with Gasteiger partial charge in [0.05, 0.1) is 16.9 Å². The minimum absolute atomic E-state index is 0.0715. The minimum Gasteiger partial charge on any atom is -0.375 e. The highest BCUT2D eigenvalue weighted by atomic mass is 19.4. The van der Waals surface area contributed by atoms with Crippen LogP contribution in [0.5, 0.6) is 0 Å². The number of benzene rings is 1. The Bertz CT molecular complexity index is 488. The molecule has 2 rings (SSSR count). The van der Waals surface area contributed by atoms with Gasteiger partial charge in [0.25, 0.3) is 0 Å². The zero-order chi connectivity index (χ0) is 15.7. The molecule has 1 fully saturated rings. The molecule has 2 nitrogen and oxygen atoms in total. The maximum Gasteiger partial charge on any atom is 0.416 e. The van der Waals surface area contributed by atoms with Crippen LogP contribution in [0.4, 0.5) is 37.7 Å². The van der Waals surface area contributed by atoms with E-state index >= 15 is 0 Å². The molecule has 0 unspecified atom stereocenters. The van der Waals surface area contributed by atoms with Gasteiger partial charge >= 0.3 is 12.4 Å². The Morgan fingerprint density at radius 2 is 1.62 bits per heavy atom. The average molecular weight is 312 g/mol. The zero-order valence-electron chi connectivity index (χ0n) is 11.0. The normalized spacial score (nSPS) is 16.4. The largest absolute Gasteiger partial charge is 0.416 e. The fourth-order valence-corrected chi connectivity index (χ4v) is 2.27. The maximum absolute atomic E-state index is 12.7. The van der Waals surface area contributed by atoms with Gasteiger partial charge in [0, 0.05) is 13.1 Å². The van der Waals surface area contributed by atoms with Gasteiger partial charge in [0.1, 0.15) is 6.54 Å².